The molecule has 0 radical (unpaired) electrons. The molecule has 13 heteroatoms. The number of amides is 1. The number of fused-ring (bicyclic) bond motifs is 2. The summed E-state index contributed by atoms with van der Waals surface area (Å²) >= 11 is 0. The maximum absolute atomic E-state index is 15.8. The van der Waals surface area contributed by atoms with Crippen molar-refractivity contribution in [2.75, 3.05) is 17.7 Å². The lowest BCUT2D eigenvalue weighted by atomic mass is 9.85. The Kier molecular flexibility index (Phi) is 6.75. The summed E-state index contributed by atoms with van der Waals surface area (Å²) in [7, 11) is 0. The number of carbonyl (C=O) groups is 1. The summed E-state index contributed by atoms with van der Waals surface area (Å²) in [4.78, 5) is 35.3. The second-order valence-corrected chi connectivity index (χ2v) is 10.8. The van der Waals surface area contributed by atoms with Crippen LogP contribution in [0.4, 0.5) is 15.9 Å². The van der Waals surface area contributed by atoms with Gasteiger partial charge in [0.1, 0.15) is 23.2 Å². The highest BCUT2D eigenvalue weighted by Gasteiger charge is 2.30. The predicted molar refractivity (Wildman–Crippen MR) is 155 cm³/mol. The lowest BCUT2D eigenvalue weighted by molar-refractivity contribution is 0.0755. The van der Waals surface area contributed by atoms with E-state index in [4.69, 9.17) is 10.5 Å². The largest absolute Gasteiger partial charge is 0.393 e. The predicted octanol–water partition coefficient (Wildman–Crippen LogP) is 3.27. The van der Waals surface area contributed by atoms with Crippen LogP contribution in [0.5, 0.6) is 0 Å². The van der Waals surface area contributed by atoms with E-state index in [2.05, 4.69) is 20.4 Å². The average Bonchev–Trinajstić information content (AvgIpc) is 3.54. The number of aromatic nitrogens is 6. The van der Waals surface area contributed by atoms with Crippen molar-refractivity contribution >= 4 is 22.9 Å². The molecular formula is C30H29FN8O4. The van der Waals surface area contributed by atoms with Crippen molar-refractivity contribution in [3.63, 3.8) is 0 Å². The second-order valence-electron chi connectivity index (χ2n) is 10.8. The van der Waals surface area contributed by atoms with Gasteiger partial charge in [0.25, 0.3) is 11.5 Å². The van der Waals surface area contributed by atoms with Gasteiger partial charge in [0.2, 0.25) is 0 Å². The third-order valence-corrected chi connectivity index (χ3v) is 8.27. The van der Waals surface area contributed by atoms with Crippen molar-refractivity contribution in [2.45, 2.75) is 50.9 Å². The van der Waals surface area contributed by atoms with Crippen molar-refractivity contribution in [1.82, 2.24) is 28.9 Å². The first-order valence-corrected chi connectivity index (χ1v) is 14.2. The minimum Gasteiger partial charge on any atom is -0.393 e. The molecular weight excluding hydrogens is 555 g/mol. The van der Waals surface area contributed by atoms with Crippen LogP contribution in [0.25, 0.3) is 22.5 Å². The number of nitrogens with zero attached hydrogens (tertiary/aromatic N) is 6. The number of nitrogen functional groups attached to an aromatic ring is 1. The zero-order valence-electron chi connectivity index (χ0n) is 23.1. The number of ether oxygens (including phenoxy) is 1. The van der Waals surface area contributed by atoms with E-state index in [1.807, 2.05) is 6.07 Å². The number of nitrogens with one attached hydrogen (secondary N) is 1. The molecule has 5 heterocycles. The van der Waals surface area contributed by atoms with Crippen LogP contribution >= 0.6 is 0 Å². The molecule has 7 rings (SSSR count). The van der Waals surface area contributed by atoms with E-state index in [0.29, 0.717) is 48.6 Å². The highest BCUT2D eigenvalue weighted by Crippen LogP contribution is 2.39. The first-order valence-electron chi connectivity index (χ1n) is 14.2. The van der Waals surface area contributed by atoms with Gasteiger partial charge in [-0.1, -0.05) is 6.07 Å². The quantitative estimate of drug-likeness (QED) is 0.284. The van der Waals surface area contributed by atoms with Gasteiger partial charge in [0, 0.05) is 34.6 Å². The molecule has 1 aromatic carbocycles. The Morgan fingerprint density at radius 1 is 1.09 bits per heavy atom. The third-order valence-electron chi connectivity index (χ3n) is 8.27. The van der Waals surface area contributed by atoms with Gasteiger partial charge in [0.05, 0.1) is 31.6 Å². The summed E-state index contributed by atoms with van der Waals surface area (Å²) in [5.41, 5.74) is 8.41. The molecule has 1 amide bonds. The molecule has 0 spiro atoms. The zero-order chi connectivity index (χ0) is 29.7. The first kappa shape index (κ1) is 27.0. The first-order chi connectivity index (χ1) is 20.9. The highest BCUT2D eigenvalue weighted by molar-refractivity contribution is 6.05. The number of aliphatic hydroxyl groups excluding tert-OH is 1. The fraction of sp³-hybridized carbons (Fsp3) is 0.300. The molecule has 1 saturated carbocycles. The van der Waals surface area contributed by atoms with Gasteiger partial charge in [-0.05, 0) is 62.1 Å². The molecule has 4 aromatic heterocycles. The number of anilines is 2. The topological polar surface area (TPSA) is 155 Å². The maximum atomic E-state index is 15.8. The van der Waals surface area contributed by atoms with E-state index < -0.39 is 17.3 Å². The number of benzene rings is 1. The van der Waals surface area contributed by atoms with Crippen molar-refractivity contribution in [1.29, 1.82) is 0 Å². The number of halogens is 1. The maximum Gasteiger partial charge on any atom is 0.286 e. The summed E-state index contributed by atoms with van der Waals surface area (Å²) in [5.74, 6) is -0.527. The molecule has 0 unspecified atom stereocenters. The lowest BCUT2D eigenvalue weighted by Gasteiger charge is -2.24. The summed E-state index contributed by atoms with van der Waals surface area (Å²) in [5, 5.41) is 17.1. The van der Waals surface area contributed by atoms with Gasteiger partial charge in [-0.3, -0.25) is 14.3 Å². The average molecular weight is 585 g/mol. The van der Waals surface area contributed by atoms with Crippen molar-refractivity contribution in [2.24, 2.45) is 0 Å². The Labute approximate surface area is 244 Å². The summed E-state index contributed by atoms with van der Waals surface area (Å²) in [6.45, 7) is 0.842. The van der Waals surface area contributed by atoms with Crippen LogP contribution in [-0.4, -0.2) is 52.7 Å². The number of rotatable bonds is 5. The van der Waals surface area contributed by atoms with E-state index >= 15 is 4.39 Å². The van der Waals surface area contributed by atoms with E-state index in [9.17, 15) is 14.7 Å². The van der Waals surface area contributed by atoms with Crippen LogP contribution < -0.4 is 16.6 Å². The van der Waals surface area contributed by atoms with Crippen LogP contribution in [0.15, 0.2) is 59.8 Å². The molecule has 0 saturated heterocycles. The Morgan fingerprint density at radius 2 is 1.93 bits per heavy atom. The second kappa shape index (κ2) is 10.7. The molecule has 1 aliphatic heterocycles. The number of aliphatic hydroxyl groups is 1. The number of carbonyl (C=O) groups excluding carboxylic acids is 1. The van der Waals surface area contributed by atoms with Crippen LogP contribution in [-0.2, 0) is 17.9 Å². The van der Waals surface area contributed by atoms with Crippen molar-refractivity contribution in [3.05, 3.63) is 88.1 Å². The molecule has 4 N–H and O–H groups in total. The van der Waals surface area contributed by atoms with E-state index in [1.165, 1.54) is 17.1 Å². The Bertz CT molecular complexity index is 1910. The van der Waals surface area contributed by atoms with Crippen LogP contribution in [0.2, 0.25) is 0 Å². The van der Waals surface area contributed by atoms with Crippen molar-refractivity contribution in [3.8, 4) is 16.9 Å². The SMILES string of the molecule is Nc1ncnn2c1c(-c1ccc(NC(=O)c3c4n(n(-c5ccccn5)c3=O)CCOC4)cc1F)cc2[C@H]1CC[C@H](O)CC1. The highest BCUT2D eigenvalue weighted by atomic mass is 19.1. The molecule has 12 nitrogen and oxygen atoms in total. The van der Waals surface area contributed by atoms with E-state index in [-0.39, 0.29) is 41.3 Å². The minimum atomic E-state index is -0.671. The van der Waals surface area contributed by atoms with Crippen molar-refractivity contribution < 1.29 is 19.0 Å². The van der Waals surface area contributed by atoms with Crippen LogP contribution in [0.1, 0.15) is 53.3 Å². The van der Waals surface area contributed by atoms with Gasteiger partial charge >= 0.3 is 0 Å². The van der Waals surface area contributed by atoms with E-state index in [1.54, 1.807) is 45.7 Å². The number of hydrogen-bond donors (Lipinski definition) is 3. The van der Waals surface area contributed by atoms with Gasteiger partial charge in [-0.2, -0.15) is 9.78 Å². The monoisotopic (exact) mass is 584 g/mol. The third kappa shape index (κ3) is 4.66. The Morgan fingerprint density at radius 3 is 2.70 bits per heavy atom. The summed E-state index contributed by atoms with van der Waals surface area (Å²) < 4.78 is 26.1. The molecule has 220 valence electrons. The number of nitrogens with two attached hydrogens (primary N) is 1. The smallest absolute Gasteiger partial charge is 0.286 e. The fourth-order valence-electron chi connectivity index (χ4n) is 6.19. The minimum absolute atomic E-state index is 0.0820. The van der Waals surface area contributed by atoms with Crippen LogP contribution in [0, 0.1) is 5.82 Å². The molecule has 0 atom stereocenters. The fourth-order valence-corrected chi connectivity index (χ4v) is 6.19. The molecule has 2 aliphatic rings. The number of hydrogen-bond acceptors (Lipinski definition) is 8. The number of pyridine rings is 1. The molecule has 0 bridgehead atoms. The van der Waals surface area contributed by atoms with Gasteiger partial charge in [0.15, 0.2) is 11.6 Å². The lowest BCUT2D eigenvalue weighted by Crippen LogP contribution is -2.27. The normalized spacial score (nSPS) is 18.5. The molecule has 1 aliphatic carbocycles. The Hall–Kier alpha value is -4.88. The molecule has 1 fully saturated rings. The van der Waals surface area contributed by atoms with Crippen LogP contribution in [0.3, 0.4) is 0 Å². The molecule has 43 heavy (non-hydrogen) atoms. The summed E-state index contributed by atoms with van der Waals surface area (Å²) in [6, 6.07) is 11.4. The zero-order valence-corrected chi connectivity index (χ0v) is 23.1. The molecule has 5 aromatic rings. The van der Waals surface area contributed by atoms with Gasteiger partial charge < -0.3 is 20.9 Å². The van der Waals surface area contributed by atoms with Gasteiger partial charge in [-0.25, -0.2) is 18.9 Å². The van der Waals surface area contributed by atoms with Gasteiger partial charge in [-0.15, -0.1) is 0 Å². The standard InChI is InChI=1S/C30H29FN8O4/c31-22-13-18(36-29(41)26-24-15-43-12-11-37(24)39(30(26)42)25-3-1-2-10-33-25)6-9-20(22)21-14-23(17-4-7-19(40)8-5-17)38-27(21)28(32)34-16-35-38/h1-3,6,9-10,13-14,16-17,19,40H,4-5,7-8,11-12,15H2,(H,36,41)(H2,32,34,35)/t17-,19-. The van der Waals surface area contributed by atoms with E-state index in [0.717, 1.165) is 18.5 Å². The summed E-state index contributed by atoms with van der Waals surface area (Å²) in [6.07, 6.45) is 5.55. The Balaban J connectivity index is 1.22.